The lowest BCUT2D eigenvalue weighted by atomic mass is 10.2. The molecule has 3 rings (SSSR count). The minimum atomic E-state index is -3.93. The molecule has 1 heterocycles. The molecule has 1 aliphatic rings. The number of para-hydroxylation sites is 1. The van der Waals surface area contributed by atoms with Gasteiger partial charge in [0.05, 0.1) is 10.9 Å². The maximum Gasteiger partial charge on any atom is 0.319 e. The Balaban J connectivity index is 1.57. The minimum absolute atomic E-state index is 0.0750. The molecule has 1 saturated heterocycles. The predicted octanol–water partition coefficient (Wildman–Crippen LogP) is 1.44. The summed E-state index contributed by atoms with van der Waals surface area (Å²) in [4.78, 5) is 36.9. The first-order valence-electron chi connectivity index (χ1n) is 8.81. The van der Waals surface area contributed by atoms with Crippen molar-refractivity contribution < 1.29 is 22.8 Å². The van der Waals surface area contributed by atoms with Gasteiger partial charge in [-0.15, -0.1) is 0 Å². The highest BCUT2D eigenvalue weighted by molar-refractivity contribution is 7.90. The van der Waals surface area contributed by atoms with E-state index in [1.165, 1.54) is 24.3 Å². The summed E-state index contributed by atoms with van der Waals surface area (Å²) < 4.78 is 25.7. The van der Waals surface area contributed by atoms with E-state index in [1.54, 1.807) is 4.90 Å². The number of benzene rings is 2. The summed E-state index contributed by atoms with van der Waals surface area (Å²) in [5, 5.41) is 5.34. The molecule has 1 fully saturated rings. The highest BCUT2D eigenvalue weighted by Crippen LogP contribution is 2.21. The number of anilines is 2. The maximum absolute atomic E-state index is 12.2. The molecule has 3 N–H and O–H groups in total. The van der Waals surface area contributed by atoms with Crippen molar-refractivity contribution in [3.63, 3.8) is 0 Å². The van der Waals surface area contributed by atoms with Crippen LogP contribution >= 0.6 is 0 Å². The van der Waals surface area contributed by atoms with Crippen LogP contribution in [0.5, 0.6) is 0 Å². The maximum atomic E-state index is 12.2. The molecule has 0 bridgehead atoms. The number of hydrogen-bond donors (Lipinski definition) is 3. The van der Waals surface area contributed by atoms with Crippen molar-refractivity contribution in [3.05, 3.63) is 54.6 Å². The minimum Gasteiger partial charge on any atom is -0.333 e. The van der Waals surface area contributed by atoms with Crippen LogP contribution in [0.4, 0.5) is 16.2 Å². The number of nitrogens with zero attached hydrogens (tertiary/aromatic N) is 1. The molecule has 9 nitrogen and oxygen atoms in total. The molecular weight excluding hydrogens is 396 g/mol. The number of nitrogens with one attached hydrogen (secondary N) is 3. The molecule has 0 saturated carbocycles. The molecule has 0 aromatic heterocycles. The number of hydrogen-bond acceptors (Lipinski definition) is 5. The zero-order valence-electron chi connectivity index (χ0n) is 15.6. The highest BCUT2D eigenvalue weighted by atomic mass is 32.2. The third kappa shape index (κ3) is 5.11. The summed E-state index contributed by atoms with van der Waals surface area (Å²) in [6, 6.07) is 13.7. The largest absolute Gasteiger partial charge is 0.333 e. The Hall–Kier alpha value is -3.40. The molecule has 0 aliphatic carbocycles. The third-order valence-corrected chi connectivity index (χ3v) is 5.68. The van der Waals surface area contributed by atoms with Gasteiger partial charge in [-0.05, 0) is 36.4 Å². The van der Waals surface area contributed by atoms with E-state index in [9.17, 15) is 22.8 Å². The van der Waals surface area contributed by atoms with E-state index in [-0.39, 0.29) is 23.3 Å². The van der Waals surface area contributed by atoms with Crippen molar-refractivity contribution >= 4 is 39.2 Å². The molecule has 4 amide bonds. The van der Waals surface area contributed by atoms with Crippen LogP contribution in [-0.4, -0.2) is 38.8 Å². The molecule has 2 aromatic carbocycles. The van der Waals surface area contributed by atoms with E-state index >= 15 is 0 Å². The number of rotatable bonds is 5. The average molecular weight is 416 g/mol. The van der Waals surface area contributed by atoms with Crippen LogP contribution in [0.25, 0.3) is 0 Å². The Bertz CT molecular complexity index is 1020. The molecule has 1 aliphatic heterocycles. The number of carbonyl (C=O) groups excluding carboxylic acids is 3. The fourth-order valence-corrected chi connectivity index (χ4v) is 3.97. The van der Waals surface area contributed by atoms with Crippen molar-refractivity contribution in [2.45, 2.75) is 24.3 Å². The molecule has 152 valence electrons. The van der Waals surface area contributed by atoms with Gasteiger partial charge in [0.1, 0.15) is 0 Å². The van der Waals surface area contributed by atoms with Crippen LogP contribution in [0.2, 0.25) is 0 Å². The van der Waals surface area contributed by atoms with Gasteiger partial charge in [0.15, 0.2) is 0 Å². The van der Waals surface area contributed by atoms with E-state index in [0.29, 0.717) is 12.2 Å². The average Bonchev–Trinajstić information content (AvgIpc) is 3.01. The van der Waals surface area contributed by atoms with Crippen LogP contribution in [-0.2, 0) is 19.6 Å². The van der Waals surface area contributed by atoms with Gasteiger partial charge < -0.3 is 15.5 Å². The second kappa shape index (κ2) is 8.31. The Kier molecular flexibility index (Phi) is 5.83. The standard InChI is InChI=1S/C19H20N4O5S/c1-13(24)22-29(27,28)17-9-7-14(8-10-17)20-19(26)21-15-11-18(25)23(12-15)16-5-3-2-4-6-16/h2-10,15H,11-12H2,1H3,(H,22,24)(H2,20,21,26). The van der Waals surface area contributed by atoms with Crippen LogP contribution in [0.15, 0.2) is 59.5 Å². The summed E-state index contributed by atoms with van der Waals surface area (Å²) in [7, 11) is -3.93. The van der Waals surface area contributed by atoms with E-state index < -0.39 is 22.0 Å². The van der Waals surface area contributed by atoms with Crippen molar-refractivity contribution in [2.75, 3.05) is 16.8 Å². The van der Waals surface area contributed by atoms with E-state index in [1.807, 2.05) is 35.1 Å². The second-order valence-electron chi connectivity index (χ2n) is 6.53. The number of carbonyl (C=O) groups is 3. The Morgan fingerprint density at radius 3 is 2.31 bits per heavy atom. The molecule has 2 aromatic rings. The van der Waals surface area contributed by atoms with Gasteiger partial charge >= 0.3 is 6.03 Å². The van der Waals surface area contributed by atoms with E-state index in [0.717, 1.165) is 12.6 Å². The third-order valence-electron chi connectivity index (χ3n) is 4.23. The van der Waals surface area contributed by atoms with Crippen molar-refractivity contribution in [1.82, 2.24) is 10.0 Å². The summed E-state index contributed by atoms with van der Waals surface area (Å²) in [6.45, 7) is 1.47. The van der Waals surface area contributed by atoms with Gasteiger partial charge in [0.25, 0.3) is 10.0 Å². The molecule has 0 radical (unpaired) electrons. The highest BCUT2D eigenvalue weighted by Gasteiger charge is 2.31. The van der Waals surface area contributed by atoms with Crippen LogP contribution < -0.4 is 20.3 Å². The zero-order valence-corrected chi connectivity index (χ0v) is 16.4. The molecular formula is C19H20N4O5S. The van der Waals surface area contributed by atoms with Crippen molar-refractivity contribution in [2.24, 2.45) is 0 Å². The predicted molar refractivity (Wildman–Crippen MR) is 107 cm³/mol. The Morgan fingerprint density at radius 2 is 1.69 bits per heavy atom. The normalized spacial score (nSPS) is 16.4. The monoisotopic (exact) mass is 416 g/mol. The van der Waals surface area contributed by atoms with Crippen LogP contribution in [0, 0.1) is 0 Å². The molecule has 0 spiro atoms. The van der Waals surface area contributed by atoms with Gasteiger partial charge in [0.2, 0.25) is 11.8 Å². The quantitative estimate of drug-likeness (QED) is 0.680. The van der Waals surface area contributed by atoms with Gasteiger partial charge in [-0.2, -0.15) is 0 Å². The summed E-state index contributed by atoms with van der Waals surface area (Å²) in [5.41, 5.74) is 1.15. The van der Waals surface area contributed by atoms with Crippen molar-refractivity contribution in [1.29, 1.82) is 0 Å². The first kappa shape index (κ1) is 20.3. The Labute approximate surface area is 168 Å². The lowest BCUT2D eigenvalue weighted by Gasteiger charge is -2.17. The first-order chi connectivity index (χ1) is 13.7. The molecule has 10 heteroatoms. The number of urea groups is 1. The SMILES string of the molecule is CC(=O)NS(=O)(=O)c1ccc(NC(=O)NC2CC(=O)N(c3ccccc3)C2)cc1. The molecule has 1 atom stereocenters. The van der Waals surface area contributed by atoms with Gasteiger partial charge in [-0.1, -0.05) is 18.2 Å². The van der Waals surface area contributed by atoms with E-state index in [4.69, 9.17) is 0 Å². The van der Waals surface area contributed by atoms with Crippen LogP contribution in [0.1, 0.15) is 13.3 Å². The topological polar surface area (TPSA) is 125 Å². The van der Waals surface area contributed by atoms with Gasteiger partial charge in [-0.25, -0.2) is 17.9 Å². The fraction of sp³-hybridized carbons (Fsp3) is 0.211. The fourth-order valence-electron chi connectivity index (χ4n) is 2.98. The van der Waals surface area contributed by atoms with Gasteiger partial charge in [-0.3, -0.25) is 9.59 Å². The zero-order chi connectivity index (χ0) is 21.0. The number of sulfonamides is 1. The molecule has 1 unspecified atom stereocenters. The molecule has 29 heavy (non-hydrogen) atoms. The number of amides is 4. The summed E-state index contributed by atoms with van der Waals surface area (Å²) in [6.07, 6.45) is 0.191. The van der Waals surface area contributed by atoms with Crippen molar-refractivity contribution in [3.8, 4) is 0 Å². The summed E-state index contributed by atoms with van der Waals surface area (Å²) in [5.74, 6) is -0.767. The smallest absolute Gasteiger partial charge is 0.319 e. The second-order valence-corrected chi connectivity index (χ2v) is 8.21. The first-order valence-corrected chi connectivity index (χ1v) is 10.3. The lowest BCUT2D eigenvalue weighted by Crippen LogP contribution is -2.39. The van der Waals surface area contributed by atoms with Gasteiger partial charge in [0, 0.05) is 31.3 Å². The van der Waals surface area contributed by atoms with E-state index in [2.05, 4.69) is 10.6 Å². The lowest BCUT2D eigenvalue weighted by molar-refractivity contribution is -0.118. The summed E-state index contributed by atoms with van der Waals surface area (Å²) >= 11 is 0. The Morgan fingerprint density at radius 1 is 1.03 bits per heavy atom. The van der Waals surface area contributed by atoms with Crippen LogP contribution in [0.3, 0.4) is 0 Å².